The average Bonchev–Trinajstić information content (AvgIpc) is 3.34. The Morgan fingerprint density at radius 2 is 1.59 bits per heavy atom. The Balaban J connectivity index is 0.00000353. The number of methoxy groups -OCH3 is 1. The van der Waals surface area contributed by atoms with E-state index in [2.05, 4.69) is 5.32 Å². The van der Waals surface area contributed by atoms with Gasteiger partial charge in [-0.05, 0) is 54.4 Å². The predicted molar refractivity (Wildman–Crippen MR) is 158 cm³/mol. The zero-order valence-corrected chi connectivity index (χ0v) is 24.1. The van der Waals surface area contributed by atoms with Crippen LogP contribution in [-0.4, -0.2) is 61.6 Å². The molecule has 2 amide bonds. The molecule has 2 heterocycles. The number of rotatable bonds is 6. The van der Waals surface area contributed by atoms with Gasteiger partial charge in [0.25, 0.3) is 0 Å². The van der Waals surface area contributed by atoms with Gasteiger partial charge in [0.15, 0.2) is 0 Å². The van der Waals surface area contributed by atoms with Crippen LogP contribution in [0.2, 0.25) is 10.0 Å². The molecular formula is C29H31Cl3N4O3. The average molecular weight is 590 g/mol. The summed E-state index contributed by atoms with van der Waals surface area (Å²) in [5.74, 6) is 1.83. The molecule has 39 heavy (non-hydrogen) atoms. The lowest BCUT2D eigenvalue weighted by atomic mass is 9.93. The Labute approximate surface area is 245 Å². The minimum Gasteiger partial charge on any atom is -0.497 e. The molecule has 10 heteroatoms. The van der Waals surface area contributed by atoms with Crippen LogP contribution < -0.4 is 14.8 Å². The smallest absolute Gasteiger partial charge is 0.326 e. The van der Waals surface area contributed by atoms with Gasteiger partial charge in [-0.15, -0.1) is 12.4 Å². The van der Waals surface area contributed by atoms with Gasteiger partial charge < -0.3 is 19.7 Å². The number of carbonyl (C=O) groups excluding carboxylic acids is 1. The third kappa shape index (κ3) is 6.12. The topological polar surface area (TPSA) is 66.4 Å². The number of amidine groups is 1. The summed E-state index contributed by atoms with van der Waals surface area (Å²) in [4.78, 5) is 23.2. The standard InChI is InChI=1S/C29H30Cl2N4O3.ClH/c1-3-38-25-18-23(37-2)12-13-24(25)28-33-26(19-4-8-21(30)9-5-19)27(20-6-10-22(31)11-7-20)35(28)29(36)34-16-14-32-15-17-34;/h4-13,18,26-27,32H,3,14-17H2,1-2H3;1H. The van der Waals surface area contributed by atoms with Crippen LogP contribution in [0.4, 0.5) is 4.79 Å². The molecule has 2 aliphatic rings. The molecule has 5 rings (SSSR count). The first-order valence-electron chi connectivity index (χ1n) is 12.7. The van der Waals surface area contributed by atoms with Crippen molar-refractivity contribution in [3.63, 3.8) is 0 Å². The number of hydrogen-bond donors (Lipinski definition) is 1. The molecule has 3 aromatic carbocycles. The zero-order chi connectivity index (χ0) is 26.6. The van der Waals surface area contributed by atoms with Crippen molar-refractivity contribution < 1.29 is 14.3 Å². The number of ether oxygens (including phenoxy) is 2. The minimum atomic E-state index is -0.401. The van der Waals surface area contributed by atoms with Gasteiger partial charge in [0.2, 0.25) is 0 Å². The quantitative estimate of drug-likeness (QED) is 0.362. The van der Waals surface area contributed by atoms with Crippen molar-refractivity contribution in [1.82, 2.24) is 15.1 Å². The third-order valence-corrected chi connectivity index (χ3v) is 7.32. The number of nitrogens with one attached hydrogen (secondary N) is 1. The molecule has 0 saturated carbocycles. The second-order valence-electron chi connectivity index (χ2n) is 9.13. The van der Waals surface area contributed by atoms with E-state index in [0.29, 0.717) is 47.1 Å². The maximum atomic E-state index is 14.3. The van der Waals surface area contributed by atoms with Crippen molar-refractivity contribution in [2.45, 2.75) is 19.0 Å². The number of nitrogens with zero attached hydrogens (tertiary/aromatic N) is 3. The van der Waals surface area contributed by atoms with E-state index < -0.39 is 6.04 Å². The molecule has 0 aromatic heterocycles. The van der Waals surface area contributed by atoms with Gasteiger partial charge in [0.1, 0.15) is 23.4 Å². The first-order chi connectivity index (χ1) is 18.5. The van der Waals surface area contributed by atoms with E-state index in [-0.39, 0.29) is 24.5 Å². The molecule has 2 atom stereocenters. The first kappa shape index (κ1) is 29.0. The lowest BCUT2D eigenvalue weighted by Gasteiger charge is -2.36. The fraction of sp³-hybridized carbons (Fsp3) is 0.310. The molecule has 1 N–H and O–H groups in total. The lowest BCUT2D eigenvalue weighted by Crippen LogP contribution is -2.53. The molecule has 2 unspecified atom stereocenters. The highest BCUT2D eigenvalue weighted by Gasteiger charge is 2.44. The number of amides is 2. The molecule has 1 fully saturated rings. The summed E-state index contributed by atoms with van der Waals surface area (Å²) < 4.78 is 11.5. The number of carbonyl (C=O) groups is 1. The molecule has 0 bridgehead atoms. The number of piperazine rings is 1. The highest BCUT2D eigenvalue weighted by atomic mass is 35.5. The van der Waals surface area contributed by atoms with Crippen LogP contribution >= 0.6 is 35.6 Å². The van der Waals surface area contributed by atoms with E-state index >= 15 is 0 Å². The molecule has 0 aliphatic carbocycles. The highest BCUT2D eigenvalue weighted by Crippen LogP contribution is 2.45. The predicted octanol–water partition coefficient (Wildman–Crippen LogP) is 6.39. The lowest BCUT2D eigenvalue weighted by molar-refractivity contribution is 0.157. The fourth-order valence-corrected chi connectivity index (χ4v) is 5.20. The maximum absolute atomic E-state index is 14.3. The van der Waals surface area contributed by atoms with Crippen LogP contribution in [0.25, 0.3) is 0 Å². The van der Waals surface area contributed by atoms with Crippen molar-refractivity contribution in [1.29, 1.82) is 0 Å². The largest absolute Gasteiger partial charge is 0.497 e. The van der Waals surface area contributed by atoms with E-state index in [4.69, 9.17) is 37.7 Å². The molecule has 0 spiro atoms. The maximum Gasteiger partial charge on any atom is 0.326 e. The summed E-state index contributed by atoms with van der Waals surface area (Å²) in [6, 6.07) is 20.0. The molecular weight excluding hydrogens is 559 g/mol. The number of aliphatic imine (C=N–C) groups is 1. The van der Waals surface area contributed by atoms with E-state index in [1.165, 1.54) is 0 Å². The normalized spacial score (nSPS) is 18.8. The Morgan fingerprint density at radius 1 is 0.974 bits per heavy atom. The summed E-state index contributed by atoms with van der Waals surface area (Å²) in [5, 5.41) is 4.60. The minimum absolute atomic E-state index is 0. The van der Waals surface area contributed by atoms with Crippen molar-refractivity contribution in [3.05, 3.63) is 93.5 Å². The van der Waals surface area contributed by atoms with Gasteiger partial charge in [-0.3, -0.25) is 9.89 Å². The van der Waals surface area contributed by atoms with Crippen LogP contribution in [0, 0.1) is 0 Å². The number of hydrogen-bond acceptors (Lipinski definition) is 5. The van der Waals surface area contributed by atoms with Gasteiger partial charge >= 0.3 is 6.03 Å². The summed E-state index contributed by atoms with van der Waals surface area (Å²) in [5.41, 5.74) is 2.61. The zero-order valence-electron chi connectivity index (χ0n) is 21.8. The van der Waals surface area contributed by atoms with Gasteiger partial charge in [0, 0.05) is 42.3 Å². The SMILES string of the molecule is CCOc1cc(OC)ccc1C1=NC(c2ccc(Cl)cc2)C(c2ccc(Cl)cc2)N1C(=O)N1CCNCC1.Cl. The Hall–Kier alpha value is -2.97. The van der Waals surface area contributed by atoms with Gasteiger partial charge in [0.05, 0.1) is 25.3 Å². The molecule has 7 nitrogen and oxygen atoms in total. The molecule has 2 aliphatic heterocycles. The van der Waals surface area contributed by atoms with Crippen molar-refractivity contribution in [2.75, 3.05) is 39.9 Å². The monoisotopic (exact) mass is 588 g/mol. The highest BCUT2D eigenvalue weighted by molar-refractivity contribution is 6.30. The fourth-order valence-electron chi connectivity index (χ4n) is 4.95. The molecule has 206 valence electrons. The Kier molecular flexibility index (Phi) is 9.62. The van der Waals surface area contributed by atoms with Gasteiger partial charge in [-0.2, -0.15) is 0 Å². The van der Waals surface area contributed by atoms with Crippen LogP contribution in [0.5, 0.6) is 11.5 Å². The number of urea groups is 1. The van der Waals surface area contributed by atoms with Crippen molar-refractivity contribution in [2.24, 2.45) is 4.99 Å². The van der Waals surface area contributed by atoms with Crippen molar-refractivity contribution in [3.8, 4) is 11.5 Å². The van der Waals surface area contributed by atoms with Gasteiger partial charge in [-0.25, -0.2) is 4.79 Å². The molecule has 3 aromatic rings. The van der Waals surface area contributed by atoms with Crippen LogP contribution in [0.3, 0.4) is 0 Å². The number of benzene rings is 3. The second kappa shape index (κ2) is 12.9. The third-order valence-electron chi connectivity index (χ3n) is 6.81. The first-order valence-corrected chi connectivity index (χ1v) is 13.4. The van der Waals surface area contributed by atoms with E-state index in [9.17, 15) is 4.79 Å². The summed E-state index contributed by atoms with van der Waals surface area (Å²) in [6.07, 6.45) is 0. The molecule has 1 saturated heterocycles. The van der Waals surface area contributed by atoms with Crippen molar-refractivity contribution >= 4 is 47.5 Å². The summed E-state index contributed by atoms with van der Waals surface area (Å²) >= 11 is 12.5. The van der Waals surface area contributed by atoms with E-state index in [1.807, 2.05) is 83.5 Å². The van der Waals surface area contributed by atoms with Crippen LogP contribution in [-0.2, 0) is 0 Å². The second-order valence-corrected chi connectivity index (χ2v) is 10.0. The Morgan fingerprint density at radius 3 is 2.18 bits per heavy atom. The molecule has 0 radical (unpaired) electrons. The summed E-state index contributed by atoms with van der Waals surface area (Å²) in [6.45, 7) is 5.10. The van der Waals surface area contributed by atoms with E-state index in [0.717, 1.165) is 29.8 Å². The Bertz CT molecular complexity index is 1310. The summed E-state index contributed by atoms with van der Waals surface area (Å²) in [7, 11) is 1.62. The van der Waals surface area contributed by atoms with Crippen LogP contribution in [0.1, 0.15) is 35.7 Å². The van der Waals surface area contributed by atoms with Gasteiger partial charge in [-0.1, -0.05) is 47.5 Å². The van der Waals surface area contributed by atoms with E-state index in [1.54, 1.807) is 7.11 Å². The number of halogens is 3. The van der Waals surface area contributed by atoms with Crippen LogP contribution in [0.15, 0.2) is 71.7 Å².